The average molecular weight is 507 g/mol. The monoisotopic (exact) mass is 506 g/mol. The van der Waals surface area contributed by atoms with E-state index in [1.165, 1.54) is 0 Å². The molecule has 0 N–H and O–H groups in total. The minimum Gasteiger partial charge on any atom is -0.462 e. The van der Waals surface area contributed by atoms with Gasteiger partial charge >= 0.3 is 5.97 Å². The molecular formula is C27H34N4O4Si. The topological polar surface area (TPSA) is 80.4 Å². The Kier molecular flexibility index (Phi) is 7.61. The highest BCUT2D eigenvalue weighted by molar-refractivity contribution is 6.76. The largest absolute Gasteiger partial charge is 0.462 e. The fourth-order valence-corrected chi connectivity index (χ4v) is 4.70. The number of ether oxygens (including phenoxy) is 3. The van der Waals surface area contributed by atoms with E-state index in [1.807, 2.05) is 38.5 Å². The van der Waals surface area contributed by atoms with E-state index in [9.17, 15) is 4.79 Å². The summed E-state index contributed by atoms with van der Waals surface area (Å²) in [7, 11) is 0.697. The van der Waals surface area contributed by atoms with Crippen molar-refractivity contribution >= 4 is 25.1 Å². The van der Waals surface area contributed by atoms with Crippen LogP contribution in [-0.2, 0) is 23.3 Å². The quantitative estimate of drug-likeness (QED) is 0.148. The second kappa shape index (κ2) is 10.7. The van der Waals surface area contributed by atoms with Gasteiger partial charge in [-0.15, -0.1) is 0 Å². The van der Waals surface area contributed by atoms with Crippen molar-refractivity contribution in [1.82, 2.24) is 19.3 Å². The summed E-state index contributed by atoms with van der Waals surface area (Å²) in [5.41, 5.74) is 3.90. The van der Waals surface area contributed by atoms with E-state index >= 15 is 0 Å². The van der Waals surface area contributed by atoms with Gasteiger partial charge in [-0.2, -0.15) is 5.10 Å². The zero-order chi connectivity index (χ0) is 25.9. The lowest BCUT2D eigenvalue weighted by molar-refractivity contribution is 0.0525. The first-order valence-corrected chi connectivity index (χ1v) is 15.9. The Morgan fingerprint density at radius 3 is 2.64 bits per heavy atom. The highest BCUT2D eigenvalue weighted by Crippen LogP contribution is 2.36. The van der Waals surface area contributed by atoms with Crippen molar-refractivity contribution < 1.29 is 19.0 Å². The van der Waals surface area contributed by atoms with Gasteiger partial charge in [-0.25, -0.2) is 9.78 Å². The molecule has 0 spiro atoms. The van der Waals surface area contributed by atoms with Gasteiger partial charge in [-0.3, -0.25) is 4.68 Å². The highest BCUT2D eigenvalue weighted by atomic mass is 28.3. The second-order valence-corrected chi connectivity index (χ2v) is 15.6. The van der Waals surface area contributed by atoms with Crippen LogP contribution in [0.5, 0.6) is 11.5 Å². The molecule has 36 heavy (non-hydrogen) atoms. The number of carbonyl (C=O) groups is 1. The summed E-state index contributed by atoms with van der Waals surface area (Å²) >= 11 is 0. The van der Waals surface area contributed by atoms with Crippen LogP contribution in [0.15, 0.2) is 48.9 Å². The molecule has 3 heterocycles. The van der Waals surface area contributed by atoms with Crippen LogP contribution in [-0.4, -0.2) is 46.6 Å². The second-order valence-electron chi connectivity index (χ2n) is 10.0. The van der Waals surface area contributed by atoms with Gasteiger partial charge in [0.15, 0.2) is 0 Å². The van der Waals surface area contributed by atoms with Crippen molar-refractivity contribution in [2.45, 2.75) is 46.3 Å². The first kappa shape index (κ1) is 25.7. The molecule has 1 aromatic carbocycles. The van der Waals surface area contributed by atoms with Crippen LogP contribution in [0.3, 0.4) is 0 Å². The highest BCUT2D eigenvalue weighted by Gasteiger charge is 2.19. The normalized spacial score (nSPS) is 11.7. The number of aromatic nitrogens is 4. The van der Waals surface area contributed by atoms with Crippen LogP contribution in [0, 0.1) is 6.92 Å². The summed E-state index contributed by atoms with van der Waals surface area (Å²) in [5.74, 6) is 0.881. The standard InChI is InChI=1S/C27H34N4O4Si/c1-7-34-27(32)21-9-8-10-24(19(21)2)35-25-11-12-28-26-22(25)15-23(20-16-29-30(3)17-20)31(26)18-33-13-14-36(4,5)6/h8-12,15-17H,7,13-14,18H2,1-6H3. The van der Waals surface area contributed by atoms with E-state index in [-0.39, 0.29) is 5.97 Å². The maximum atomic E-state index is 12.4. The van der Waals surface area contributed by atoms with Gasteiger partial charge < -0.3 is 18.8 Å². The molecule has 0 radical (unpaired) electrons. The molecule has 3 aromatic heterocycles. The molecule has 0 saturated carbocycles. The van der Waals surface area contributed by atoms with Gasteiger partial charge in [-0.05, 0) is 44.2 Å². The van der Waals surface area contributed by atoms with Crippen LogP contribution in [0.1, 0.15) is 22.8 Å². The lowest BCUT2D eigenvalue weighted by Gasteiger charge is -2.16. The van der Waals surface area contributed by atoms with Crippen LogP contribution in [0.25, 0.3) is 22.3 Å². The van der Waals surface area contributed by atoms with E-state index in [0.717, 1.165) is 33.9 Å². The summed E-state index contributed by atoms with van der Waals surface area (Å²) in [4.78, 5) is 17.0. The lowest BCUT2D eigenvalue weighted by Crippen LogP contribution is -2.22. The molecule has 0 bridgehead atoms. The number of pyridine rings is 1. The van der Waals surface area contributed by atoms with Crippen molar-refractivity contribution in [1.29, 1.82) is 0 Å². The predicted molar refractivity (Wildman–Crippen MR) is 143 cm³/mol. The third-order valence-electron chi connectivity index (χ3n) is 5.97. The maximum Gasteiger partial charge on any atom is 0.338 e. The predicted octanol–water partition coefficient (Wildman–Crippen LogP) is 6.03. The number of benzene rings is 1. The number of nitrogens with zero attached hydrogens (tertiary/aromatic N) is 4. The molecule has 0 unspecified atom stereocenters. The fraction of sp³-hybridized carbons (Fsp3) is 0.370. The van der Waals surface area contributed by atoms with Gasteiger partial charge in [-0.1, -0.05) is 25.7 Å². The summed E-state index contributed by atoms with van der Waals surface area (Å²) in [5, 5.41) is 5.20. The van der Waals surface area contributed by atoms with Crippen LogP contribution >= 0.6 is 0 Å². The molecule has 0 aliphatic carbocycles. The first-order chi connectivity index (χ1) is 17.2. The molecule has 0 fully saturated rings. The molecule has 8 nitrogen and oxygen atoms in total. The minimum atomic E-state index is -1.20. The number of hydrogen-bond donors (Lipinski definition) is 0. The number of aryl methyl sites for hydroxylation is 1. The minimum absolute atomic E-state index is 0.318. The van der Waals surface area contributed by atoms with E-state index in [2.05, 4.69) is 40.4 Å². The molecule has 0 atom stereocenters. The van der Waals surface area contributed by atoms with Gasteiger partial charge in [0.25, 0.3) is 0 Å². The molecule has 0 saturated heterocycles. The molecule has 0 amide bonds. The number of esters is 1. The molecule has 0 aliphatic heterocycles. The number of carbonyl (C=O) groups excluding carboxylic acids is 1. The maximum absolute atomic E-state index is 12.4. The lowest BCUT2D eigenvalue weighted by atomic mass is 10.1. The Hall–Kier alpha value is -3.43. The van der Waals surface area contributed by atoms with E-state index in [1.54, 1.807) is 29.9 Å². The van der Waals surface area contributed by atoms with Crippen LogP contribution < -0.4 is 4.74 Å². The molecule has 9 heteroatoms. The van der Waals surface area contributed by atoms with Gasteiger partial charge in [0.1, 0.15) is 23.9 Å². The number of rotatable bonds is 10. The number of fused-ring (bicyclic) bond motifs is 1. The Balaban J connectivity index is 1.71. The molecular weight excluding hydrogens is 472 g/mol. The smallest absolute Gasteiger partial charge is 0.338 e. The number of hydrogen-bond acceptors (Lipinski definition) is 6. The van der Waals surface area contributed by atoms with E-state index < -0.39 is 8.07 Å². The van der Waals surface area contributed by atoms with Crippen molar-refractivity contribution in [3.63, 3.8) is 0 Å². The third-order valence-corrected chi connectivity index (χ3v) is 7.68. The van der Waals surface area contributed by atoms with E-state index in [4.69, 9.17) is 14.2 Å². The Bertz CT molecular complexity index is 1370. The Labute approximate surface area is 212 Å². The summed E-state index contributed by atoms with van der Waals surface area (Å²) in [6.45, 7) is 12.1. The first-order valence-electron chi connectivity index (χ1n) is 12.2. The molecule has 190 valence electrons. The van der Waals surface area contributed by atoms with E-state index in [0.29, 0.717) is 37.0 Å². The van der Waals surface area contributed by atoms with Crippen LogP contribution in [0.2, 0.25) is 25.7 Å². The fourth-order valence-electron chi connectivity index (χ4n) is 3.94. The summed E-state index contributed by atoms with van der Waals surface area (Å²) in [6, 6.07) is 10.4. The van der Waals surface area contributed by atoms with Gasteiger partial charge in [0.05, 0.1) is 29.4 Å². The zero-order valence-corrected chi connectivity index (χ0v) is 22.9. The zero-order valence-electron chi connectivity index (χ0n) is 21.9. The Morgan fingerprint density at radius 2 is 1.94 bits per heavy atom. The SMILES string of the molecule is CCOC(=O)c1cccc(Oc2ccnc3c2cc(-c2cnn(C)c2)n3COCC[Si](C)(C)C)c1C. The van der Waals surface area contributed by atoms with Crippen molar-refractivity contribution in [3.05, 3.63) is 60.0 Å². The van der Waals surface area contributed by atoms with Crippen molar-refractivity contribution in [2.75, 3.05) is 13.2 Å². The Morgan fingerprint density at radius 1 is 1.14 bits per heavy atom. The van der Waals surface area contributed by atoms with Gasteiger partial charge in [0, 0.05) is 45.2 Å². The van der Waals surface area contributed by atoms with Crippen molar-refractivity contribution in [2.24, 2.45) is 7.05 Å². The molecule has 0 aliphatic rings. The van der Waals surface area contributed by atoms with Gasteiger partial charge in [0.2, 0.25) is 0 Å². The van der Waals surface area contributed by atoms with Crippen molar-refractivity contribution in [3.8, 4) is 22.8 Å². The average Bonchev–Trinajstić information content (AvgIpc) is 3.41. The third kappa shape index (κ3) is 5.68. The van der Waals surface area contributed by atoms with Crippen LogP contribution in [0.4, 0.5) is 0 Å². The summed E-state index contributed by atoms with van der Waals surface area (Å²) < 4.78 is 21.5. The molecule has 4 rings (SSSR count). The molecule has 4 aromatic rings. The summed E-state index contributed by atoms with van der Waals surface area (Å²) in [6.07, 6.45) is 5.54.